The molecule has 1 N–H and O–H groups in total. The third-order valence-corrected chi connectivity index (χ3v) is 3.11. The SMILES string of the molecule is CCNC(C)CC(C)(C)Cc1cccc(F)c1F. The highest BCUT2D eigenvalue weighted by Gasteiger charge is 2.23. The first kappa shape index (κ1) is 15.1. The Morgan fingerprint density at radius 1 is 1.28 bits per heavy atom. The van der Waals surface area contributed by atoms with Crippen LogP contribution in [0.1, 0.15) is 39.7 Å². The topological polar surface area (TPSA) is 12.0 Å². The van der Waals surface area contributed by atoms with Gasteiger partial charge in [-0.3, -0.25) is 0 Å². The molecule has 0 saturated carbocycles. The van der Waals surface area contributed by atoms with E-state index in [0.29, 0.717) is 18.0 Å². The first-order valence-corrected chi connectivity index (χ1v) is 6.52. The lowest BCUT2D eigenvalue weighted by Gasteiger charge is -2.28. The van der Waals surface area contributed by atoms with Crippen molar-refractivity contribution in [3.05, 3.63) is 35.4 Å². The van der Waals surface area contributed by atoms with Crippen LogP contribution in [0.25, 0.3) is 0 Å². The summed E-state index contributed by atoms with van der Waals surface area (Å²) in [5.41, 5.74) is 0.402. The number of hydrogen-bond acceptors (Lipinski definition) is 1. The quantitative estimate of drug-likeness (QED) is 0.812. The molecule has 1 rings (SSSR count). The number of nitrogens with one attached hydrogen (secondary N) is 1. The smallest absolute Gasteiger partial charge is 0.162 e. The van der Waals surface area contributed by atoms with Gasteiger partial charge >= 0.3 is 0 Å². The van der Waals surface area contributed by atoms with Gasteiger partial charge in [-0.1, -0.05) is 32.9 Å². The van der Waals surface area contributed by atoms with Crippen LogP contribution in [-0.4, -0.2) is 12.6 Å². The Morgan fingerprint density at radius 2 is 1.94 bits per heavy atom. The van der Waals surface area contributed by atoms with Crippen molar-refractivity contribution in [2.24, 2.45) is 5.41 Å². The van der Waals surface area contributed by atoms with Crippen LogP contribution in [0.3, 0.4) is 0 Å². The molecule has 1 nitrogen and oxygen atoms in total. The third kappa shape index (κ3) is 4.37. The van der Waals surface area contributed by atoms with E-state index >= 15 is 0 Å². The second kappa shape index (κ2) is 6.28. The Kier molecular flexibility index (Phi) is 5.27. The number of benzene rings is 1. The zero-order valence-electron chi connectivity index (χ0n) is 11.7. The summed E-state index contributed by atoms with van der Waals surface area (Å²) in [6.45, 7) is 9.28. The average molecular weight is 255 g/mol. The Labute approximate surface area is 109 Å². The van der Waals surface area contributed by atoms with Gasteiger partial charge in [0.1, 0.15) is 0 Å². The summed E-state index contributed by atoms with van der Waals surface area (Å²) in [5, 5.41) is 3.35. The lowest BCUT2D eigenvalue weighted by Crippen LogP contribution is -2.32. The van der Waals surface area contributed by atoms with Crippen molar-refractivity contribution >= 4 is 0 Å². The highest BCUT2D eigenvalue weighted by atomic mass is 19.2. The van der Waals surface area contributed by atoms with Crippen molar-refractivity contribution < 1.29 is 8.78 Å². The van der Waals surface area contributed by atoms with Gasteiger partial charge in [-0.2, -0.15) is 0 Å². The normalized spacial score (nSPS) is 13.7. The first-order chi connectivity index (χ1) is 8.35. The lowest BCUT2D eigenvalue weighted by atomic mass is 9.80. The van der Waals surface area contributed by atoms with Crippen LogP contribution in [0.5, 0.6) is 0 Å². The van der Waals surface area contributed by atoms with E-state index < -0.39 is 11.6 Å². The van der Waals surface area contributed by atoms with E-state index in [1.54, 1.807) is 12.1 Å². The zero-order valence-corrected chi connectivity index (χ0v) is 11.7. The maximum Gasteiger partial charge on any atom is 0.162 e. The number of rotatable bonds is 6. The summed E-state index contributed by atoms with van der Waals surface area (Å²) in [4.78, 5) is 0. The predicted octanol–water partition coefficient (Wildman–Crippen LogP) is 3.92. The summed E-state index contributed by atoms with van der Waals surface area (Å²) in [6, 6.07) is 4.77. The van der Waals surface area contributed by atoms with Crippen molar-refractivity contribution in [1.82, 2.24) is 5.32 Å². The van der Waals surface area contributed by atoms with Gasteiger partial charge in [-0.05, 0) is 43.4 Å². The monoisotopic (exact) mass is 255 g/mol. The summed E-state index contributed by atoms with van der Waals surface area (Å²) in [5.74, 6) is -1.47. The van der Waals surface area contributed by atoms with Crippen molar-refractivity contribution in [3.8, 4) is 0 Å². The summed E-state index contributed by atoms with van der Waals surface area (Å²) in [6.07, 6.45) is 1.48. The van der Waals surface area contributed by atoms with Gasteiger partial charge in [0.15, 0.2) is 11.6 Å². The van der Waals surface area contributed by atoms with Crippen molar-refractivity contribution in [3.63, 3.8) is 0 Å². The fourth-order valence-corrected chi connectivity index (χ4v) is 2.52. The van der Waals surface area contributed by atoms with Crippen molar-refractivity contribution in [2.75, 3.05) is 6.54 Å². The molecular weight excluding hydrogens is 232 g/mol. The average Bonchev–Trinajstić information content (AvgIpc) is 2.24. The highest BCUT2D eigenvalue weighted by Crippen LogP contribution is 2.29. The molecular formula is C15H23F2N. The molecule has 0 aliphatic heterocycles. The van der Waals surface area contributed by atoms with E-state index in [2.05, 4.69) is 33.0 Å². The largest absolute Gasteiger partial charge is 0.315 e. The molecule has 0 heterocycles. The molecule has 0 aromatic heterocycles. The fraction of sp³-hybridized carbons (Fsp3) is 0.600. The molecule has 102 valence electrons. The molecule has 0 bridgehead atoms. The summed E-state index contributed by atoms with van der Waals surface area (Å²) >= 11 is 0. The minimum atomic E-state index is -0.761. The standard InChI is InChI=1S/C15H23F2N/c1-5-18-11(2)9-15(3,4)10-12-7-6-8-13(16)14(12)17/h6-8,11,18H,5,9-10H2,1-4H3. The Morgan fingerprint density at radius 3 is 2.56 bits per heavy atom. The maximum atomic E-state index is 13.6. The van der Waals surface area contributed by atoms with Gasteiger partial charge in [0.05, 0.1) is 0 Å². The minimum absolute atomic E-state index is 0.0593. The number of halogens is 2. The minimum Gasteiger partial charge on any atom is -0.315 e. The first-order valence-electron chi connectivity index (χ1n) is 6.52. The number of hydrogen-bond donors (Lipinski definition) is 1. The molecule has 0 aliphatic rings. The van der Waals surface area contributed by atoms with Crippen molar-refractivity contribution in [1.29, 1.82) is 0 Å². The molecule has 1 atom stereocenters. The second-order valence-corrected chi connectivity index (χ2v) is 5.72. The van der Waals surface area contributed by atoms with Gasteiger partial charge in [0, 0.05) is 6.04 Å². The molecule has 1 unspecified atom stereocenters. The fourth-order valence-electron chi connectivity index (χ4n) is 2.52. The highest BCUT2D eigenvalue weighted by molar-refractivity contribution is 5.20. The zero-order chi connectivity index (χ0) is 13.8. The molecule has 3 heteroatoms. The Balaban J connectivity index is 2.72. The predicted molar refractivity (Wildman–Crippen MR) is 71.6 cm³/mol. The maximum absolute atomic E-state index is 13.6. The van der Waals surface area contributed by atoms with E-state index in [-0.39, 0.29) is 5.41 Å². The van der Waals surface area contributed by atoms with Gasteiger partial charge in [-0.25, -0.2) is 8.78 Å². The van der Waals surface area contributed by atoms with Gasteiger partial charge in [0.2, 0.25) is 0 Å². The molecule has 0 aliphatic carbocycles. The van der Waals surface area contributed by atoms with Crippen molar-refractivity contribution in [2.45, 2.75) is 46.6 Å². The molecule has 0 saturated heterocycles. The molecule has 1 aromatic rings. The molecule has 1 aromatic carbocycles. The summed E-state index contributed by atoms with van der Waals surface area (Å²) < 4.78 is 26.8. The van der Waals surface area contributed by atoms with Crippen LogP contribution in [0.15, 0.2) is 18.2 Å². The second-order valence-electron chi connectivity index (χ2n) is 5.72. The van der Waals surface area contributed by atoms with E-state index in [4.69, 9.17) is 0 Å². The summed E-state index contributed by atoms with van der Waals surface area (Å²) in [7, 11) is 0. The van der Waals surface area contributed by atoms with Gasteiger partial charge in [0.25, 0.3) is 0 Å². The van der Waals surface area contributed by atoms with Crippen LogP contribution in [-0.2, 0) is 6.42 Å². The molecule has 0 spiro atoms. The van der Waals surface area contributed by atoms with E-state index in [0.717, 1.165) is 19.0 Å². The van der Waals surface area contributed by atoms with E-state index in [1.807, 2.05) is 0 Å². The van der Waals surface area contributed by atoms with Gasteiger partial charge in [-0.15, -0.1) is 0 Å². The molecule has 0 amide bonds. The Hall–Kier alpha value is -0.960. The Bertz CT molecular complexity index is 388. The lowest BCUT2D eigenvalue weighted by molar-refractivity contribution is 0.284. The van der Waals surface area contributed by atoms with Crippen LogP contribution in [0.4, 0.5) is 8.78 Å². The van der Waals surface area contributed by atoms with E-state index in [9.17, 15) is 8.78 Å². The molecule has 0 fully saturated rings. The molecule has 0 radical (unpaired) electrons. The van der Waals surface area contributed by atoms with Crippen LogP contribution >= 0.6 is 0 Å². The third-order valence-electron chi connectivity index (χ3n) is 3.11. The molecule has 18 heavy (non-hydrogen) atoms. The van der Waals surface area contributed by atoms with E-state index in [1.165, 1.54) is 0 Å². The van der Waals surface area contributed by atoms with Crippen LogP contribution in [0.2, 0.25) is 0 Å². The van der Waals surface area contributed by atoms with Crippen LogP contribution < -0.4 is 5.32 Å². The van der Waals surface area contributed by atoms with Gasteiger partial charge < -0.3 is 5.32 Å². The van der Waals surface area contributed by atoms with Crippen LogP contribution in [0, 0.1) is 17.0 Å².